The minimum atomic E-state index is -0.252. The third-order valence-electron chi connectivity index (χ3n) is 3.89. The van der Waals surface area contributed by atoms with Crippen LogP contribution in [0.1, 0.15) is 32.3 Å². The molecule has 0 aromatic heterocycles. The van der Waals surface area contributed by atoms with Gasteiger partial charge in [-0.2, -0.15) is 0 Å². The summed E-state index contributed by atoms with van der Waals surface area (Å²) in [5.74, 6) is -0.252. The fraction of sp³-hybridized carbons (Fsp3) is 0.600. The maximum absolute atomic E-state index is 13.4. The van der Waals surface area contributed by atoms with Crippen LogP contribution in [0.3, 0.4) is 0 Å². The van der Waals surface area contributed by atoms with Crippen molar-refractivity contribution in [3.05, 3.63) is 34.6 Å². The van der Waals surface area contributed by atoms with Crippen LogP contribution in [0.15, 0.2) is 18.2 Å². The van der Waals surface area contributed by atoms with E-state index in [4.69, 9.17) is 11.6 Å². The molecule has 1 aromatic rings. The summed E-state index contributed by atoms with van der Waals surface area (Å²) in [6.45, 7) is 7.20. The van der Waals surface area contributed by atoms with Crippen molar-refractivity contribution < 1.29 is 4.39 Å². The van der Waals surface area contributed by atoms with Crippen molar-refractivity contribution in [3.63, 3.8) is 0 Å². The molecule has 19 heavy (non-hydrogen) atoms. The van der Waals surface area contributed by atoms with E-state index in [1.165, 1.54) is 6.07 Å². The monoisotopic (exact) mass is 284 g/mol. The van der Waals surface area contributed by atoms with Crippen LogP contribution in [0, 0.1) is 5.82 Å². The first kappa shape index (κ1) is 14.8. The molecule has 0 radical (unpaired) electrons. The van der Waals surface area contributed by atoms with E-state index in [0.29, 0.717) is 17.1 Å². The summed E-state index contributed by atoms with van der Waals surface area (Å²) >= 11 is 5.92. The minimum Gasteiger partial charge on any atom is -0.311 e. The molecule has 1 saturated heterocycles. The Morgan fingerprint density at radius 3 is 2.74 bits per heavy atom. The Kier molecular flexibility index (Phi) is 5.20. The molecule has 1 heterocycles. The Bertz CT molecular complexity index is 404. The predicted molar refractivity (Wildman–Crippen MR) is 78.0 cm³/mol. The van der Waals surface area contributed by atoms with Gasteiger partial charge in [-0.05, 0) is 36.6 Å². The third kappa shape index (κ3) is 3.91. The number of benzene rings is 1. The molecule has 0 aliphatic carbocycles. The van der Waals surface area contributed by atoms with E-state index in [0.717, 1.165) is 38.0 Å². The molecule has 0 spiro atoms. The average Bonchev–Trinajstić information content (AvgIpc) is 2.37. The molecule has 1 fully saturated rings. The van der Waals surface area contributed by atoms with Gasteiger partial charge in [0.2, 0.25) is 0 Å². The lowest BCUT2D eigenvalue weighted by Crippen LogP contribution is -2.55. The standard InChI is InChI=1S/C15H22ClFN2/c1-3-14-10-19(15(4-2)8-18-14)9-11-5-12(16)7-13(17)6-11/h5-7,14-15,18H,3-4,8-10H2,1-2H3. The summed E-state index contributed by atoms with van der Waals surface area (Å²) in [7, 11) is 0. The number of hydrogen-bond donors (Lipinski definition) is 1. The molecular formula is C15H22ClFN2. The van der Waals surface area contributed by atoms with Crippen molar-refractivity contribution in [3.8, 4) is 0 Å². The fourth-order valence-electron chi connectivity index (χ4n) is 2.73. The lowest BCUT2D eigenvalue weighted by atomic mass is 10.0. The molecule has 1 aliphatic heterocycles. The maximum Gasteiger partial charge on any atom is 0.125 e. The molecule has 4 heteroatoms. The van der Waals surface area contributed by atoms with Crippen LogP contribution in [0.4, 0.5) is 4.39 Å². The Morgan fingerprint density at radius 1 is 1.32 bits per heavy atom. The van der Waals surface area contributed by atoms with Crippen LogP contribution in [-0.4, -0.2) is 30.1 Å². The van der Waals surface area contributed by atoms with Crippen molar-refractivity contribution in [1.82, 2.24) is 10.2 Å². The molecular weight excluding hydrogens is 263 g/mol. The zero-order chi connectivity index (χ0) is 13.8. The number of nitrogens with one attached hydrogen (secondary N) is 1. The zero-order valence-corrected chi connectivity index (χ0v) is 12.4. The van der Waals surface area contributed by atoms with Crippen molar-refractivity contribution in [2.45, 2.75) is 45.3 Å². The Morgan fingerprint density at radius 2 is 2.11 bits per heavy atom. The second-order valence-corrected chi connectivity index (χ2v) is 5.72. The number of halogens is 2. The molecule has 106 valence electrons. The highest BCUT2D eigenvalue weighted by Crippen LogP contribution is 2.19. The summed E-state index contributed by atoms with van der Waals surface area (Å²) in [4.78, 5) is 2.44. The molecule has 2 unspecified atom stereocenters. The van der Waals surface area contributed by atoms with Crippen molar-refractivity contribution in [2.24, 2.45) is 0 Å². The van der Waals surface area contributed by atoms with Crippen molar-refractivity contribution >= 4 is 11.6 Å². The van der Waals surface area contributed by atoms with Gasteiger partial charge in [-0.3, -0.25) is 4.90 Å². The number of rotatable bonds is 4. The van der Waals surface area contributed by atoms with Crippen LogP contribution >= 0.6 is 11.6 Å². The third-order valence-corrected chi connectivity index (χ3v) is 4.10. The Labute approximate surface area is 119 Å². The van der Waals surface area contributed by atoms with Crippen LogP contribution in [0.2, 0.25) is 5.02 Å². The molecule has 2 atom stereocenters. The molecule has 1 aromatic carbocycles. The van der Waals surface area contributed by atoms with E-state index in [9.17, 15) is 4.39 Å². The van der Waals surface area contributed by atoms with E-state index in [2.05, 4.69) is 24.1 Å². The van der Waals surface area contributed by atoms with E-state index < -0.39 is 0 Å². The Balaban J connectivity index is 2.09. The molecule has 0 bridgehead atoms. The molecule has 1 aliphatic rings. The molecule has 2 nitrogen and oxygen atoms in total. The van der Waals surface area contributed by atoms with Gasteiger partial charge in [0, 0.05) is 36.7 Å². The van der Waals surface area contributed by atoms with Crippen LogP contribution in [0.25, 0.3) is 0 Å². The first-order valence-corrected chi connectivity index (χ1v) is 7.42. The number of piperazine rings is 1. The summed E-state index contributed by atoms with van der Waals surface area (Å²) in [6.07, 6.45) is 2.23. The maximum atomic E-state index is 13.4. The van der Waals surface area contributed by atoms with E-state index in [-0.39, 0.29) is 5.82 Å². The highest BCUT2D eigenvalue weighted by Gasteiger charge is 2.25. The highest BCUT2D eigenvalue weighted by atomic mass is 35.5. The smallest absolute Gasteiger partial charge is 0.125 e. The number of nitrogens with zero attached hydrogens (tertiary/aromatic N) is 1. The first-order valence-electron chi connectivity index (χ1n) is 7.04. The lowest BCUT2D eigenvalue weighted by Gasteiger charge is -2.40. The lowest BCUT2D eigenvalue weighted by molar-refractivity contribution is 0.117. The summed E-state index contributed by atoms with van der Waals surface area (Å²) in [5.41, 5.74) is 0.959. The quantitative estimate of drug-likeness (QED) is 0.911. The summed E-state index contributed by atoms with van der Waals surface area (Å²) in [6, 6.07) is 5.85. The average molecular weight is 285 g/mol. The zero-order valence-electron chi connectivity index (χ0n) is 11.6. The summed E-state index contributed by atoms with van der Waals surface area (Å²) in [5, 5.41) is 4.04. The molecule has 0 amide bonds. The van der Waals surface area contributed by atoms with Gasteiger partial charge in [0.25, 0.3) is 0 Å². The van der Waals surface area contributed by atoms with Gasteiger partial charge in [-0.25, -0.2) is 4.39 Å². The van der Waals surface area contributed by atoms with Crippen molar-refractivity contribution in [1.29, 1.82) is 0 Å². The van der Waals surface area contributed by atoms with E-state index in [1.807, 2.05) is 6.07 Å². The molecule has 0 saturated carbocycles. The second-order valence-electron chi connectivity index (χ2n) is 5.28. The van der Waals surface area contributed by atoms with Gasteiger partial charge in [-0.1, -0.05) is 25.4 Å². The SMILES string of the molecule is CCC1CN(Cc2cc(F)cc(Cl)c2)C(CC)CN1. The minimum absolute atomic E-state index is 0.252. The molecule has 2 rings (SSSR count). The van der Waals surface area contributed by atoms with Gasteiger partial charge in [0.15, 0.2) is 0 Å². The largest absolute Gasteiger partial charge is 0.311 e. The van der Waals surface area contributed by atoms with Gasteiger partial charge in [-0.15, -0.1) is 0 Å². The topological polar surface area (TPSA) is 15.3 Å². The van der Waals surface area contributed by atoms with Crippen molar-refractivity contribution in [2.75, 3.05) is 13.1 Å². The number of hydrogen-bond acceptors (Lipinski definition) is 2. The summed E-state index contributed by atoms with van der Waals surface area (Å²) < 4.78 is 13.4. The van der Waals surface area contributed by atoms with Gasteiger partial charge in [0.1, 0.15) is 5.82 Å². The van der Waals surface area contributed by atoms with E-state index >= 15 is 0 Å². The van der Waals surface area contributed by atoms with Gasteiger partial charge >= 0.3 is 0 Å². The normalized spacial score (nSPS) is 24.6. The molecule has 1 N–H and O–H groups in total. The van der Waals surface area contributed by atoms with Crippen LogP contribution in [0.5, 0.6) is 0 Å². The van der Waals surface area contributed by atoms with Gasteiger partial charge < -0.3 is 5.32 Å². The second kappa shape index (κ2) is 6.69. The fourth-order valence-corrected chi connectivity index (χ4v) is 2.98. The first-order chi connectivity index (χ1) is 9.12. The van der Waals surface area contributed by atoms with Crippen LogP contribution in [-0.2, 0) is 6.54 Å². The van der Waals surface area contributed by atoms with Crippen LogP contribution < -0.4 is 5.32 Å². The van der Waals surface area contributed by atoms with Gasteiger partial charge in [0.05, 0.1) is 0 Å². The Hall–Kier alpha value is -0.640. The highest BCUT2D eigenvalue weighted by molar-refractivity contribution is 6.30. The van der Waals surface area contributed by atoms with E-state index in [1.54, 1.807) is 6.07 Å². The predicted octanol–water partition coefficient (Wildman–Crippen LogP) is 3.44.